The number of hydrogen-bond donors (Lipinski definition) is 1. The molecule has 1 aliphatic carbocycles. The maximum atomic E-state index is 12.0. The van der Waals surface area contributed by atoms with Crippen LogP contribution < -0.4 is 5.32 Å². The molecule has 2 atom stereocenters. The van der Waals surface area contributed by atoms with Crippen molar-refractivity contribution in [2.45, 2.75) is 38.6 Å². The van der Waals surface area contributed by atoms with E-state index in [1.807, 2.05) is 14.0 Å². The van der Waals surface area contributed by atoms with Gasteiger partial charge in [0.25, 0.3) is 0 Å². The number of piperazine rings is 1. The van der Waals surface area contributed by atoms with Crippen molar-refractivity contribution in [2.24, 2.45) is 5.92 Å². The maximum Gasteiger partial charge on any atom is 0.242 e. The summed E-state index contributed by atoms with van der Waals surface area (Å²) < 4.78 is 0. The van der Waals surface area contributed by atoms with Crippen LogP contribution in [-0.2, 0) is 9.59 Å². The summed E-state index contributed by atoms with van der Waals surface area (Å²) in [5.41, 5.74) is 0. The molecule has 1 aliphatic heterocycles. The van der Waals surface area contributed by atoms with E-state index in [1.54, 1.807) is 9.80 Å². The molecule has 0 aromatic carbocycles. The first-order chi connectivity index (χ1) is 9.15. The Kier molecular flexibility index (Phi) is 4.80. The number of nitrogens with zero attached hydrogens (tertiary/aromatic N) is 2. The number of rotatable bonds is 5. The fraction of sp³-hybridized carbons (Fsp3) is 0.857. The van der Waals surface area contributed by atoms with E-state index in [2.05, 4.69) is 5.32 Å². The molecule has 2 fully saturated rings. The van der Waals surface area contributed by atoms with Crippen LogP contribution in [0.15, 0.2) is 0 Å². The van der Waals surface area contributed by atoms with E-state index in [0.29, 0.717) is 18.5 Å². The Morgan fingerprint density at radius 1 is 1.16 bits per heavy atom. The summed E-state index contributed by atoms with van der Waals surface area (Å²) in [5, 5.41) is 3.36. The number of carbonyl (C=O) groups excluding carboxylic acids is 2. The van der Waals surface area contributed by atoms with Gasteiger partial charge in [0.1, 0.15) is 0 Å². The molecule has 5 heteroatoms. The molecule has 1 saturated carbocycles. The van der Waals surface area contributed by atoms with Crippen molar-refractivity contribution in [3.05, 3.63) is 0 Å². The van der Waals surface area contributed by atoms with Crippen LogP contribution in [0.5, 0.6) is 0 Å². The fourth-order valence-electron chi connectivity index (χ4n) is 3.28. The highest BCUT2D eigenvalue weighted by Crippen LogP contribution is 2.28. The molecule has 2 aliphatic rings. The first-order valence-electron chi connectivity index (χ1n) is 7.38. The molecule has 0 radical (unpaired) electrons. The third-order valence-corrected chi connectivity index (χ3v) is 4.54. The third kappa shape index (κ3) is 3.26. The second-order valence-corrected chi connectivity index (χ2v) is 5.60. The summed E-state index contributed by atoms with van der Waals surface area (Å²) in [6, 6.07) is 0.586. The van der Waals surface area contributed by atoms with Crippen LogP contribution in [0.25, 0.3) is 0 Å². The van der Waals surface area contributed by atoms with Crippen molar-refractivity contribution in [1.82, 2.24) is 15.1 Å². The number of carbonyl (C=O) groups is 2. The van der Waals surface area contributed by atoms with Gasteiger partial charge in [-0.1, -0.05) is 6.42 Å². The molecule has 1 heterocycles. The lowest BCUT2D eigenvalue weighted by Crippen LogP contribution is -2.54. The van der Waals surface area contributed by atoms with Crippen LogP contribution >= 0.6 is 0 Å². The molecule has 2 rings (SSSR count). The van der Waals surface area contributed by atoms with Crippen LogP contribution in [0, 0.1) is 5.92 Å². The van der Waals surface area contributed by atoms with Crippen LogP contribution in [0.4, 0.5) is 0 Å². The van der Waals surface area contributed by atoms with Gasteiger partial charge in [0, 0.05) is 19.1 Å². The summed E-state index contributed by atoms with van der Waals surface area (Å²) in [7, 11) is 2.01. The van der Waals surface area contributed by atoms with Crippen LogP contribution in [0.2, 0.25) is 0 Å². The molecule has 0 aromatic rings. The predicted octanol–water partition coefficient (Wildman–Crippen LogP) is 0.455. The van der Waals surface area contributed by atoms with Gasteiger partial charge in [0.15, 0.2) is 0 Å². The number of likely N-dealkylation sites (N-methyl/N-ethyl adjacent to an activating group) is 1. The zero-order valence-electron chi connectivity index (χ0n) is 12.0. The minimum atomic E-state index is 0.0821. The van der Waals surface area contributed by atoms with Crippen LogP contribution in [-0.4, -0.2) is 60.9 Å². The first kappa shape index (κ1) is 14.3. The van der Waals surface area contributed by atoms with Gasteiger partial charge in [0.2, 0.25) is 11.8 Å². The Labute approximate surface area is 115 Å². The second kappa shape index (κ2) is 6.37. The van der Waals surface area contributed by atoms with Crippen molar-refractivity contribution in [3.63, 3.8) is 0 Å². The van der Waals surface area contributed by atoms with Gasteiger partial charge in [-0.25, -0.2) is 0 Å². The quantitative estimate of drug-likeness (QED) is 0.787. The van der Waals surface area contributed by atoms with E-state index in [1.165, 1.54) is 19.3 Å². The van der Waals surface area contributed by atoms with E-state index < -0.39 is 0 Å². The highest BCUT2D eigenvalue weighted by atomic mass is 16.2. The topological polar surface area (TPSA) is 52.7 Å². The molecular weight excluding hydrogens is 242 g/mol. The molecule has 5 nitrogen and oxygen atoms in total. The molecule has 0 aromatic heterocycles. The van der Waals surface area contributed by atoms with Crippen molar-refractivity contribution in [3.8, 4) is 0 Å². The molecule has 1 N–H and O–H groups in total. The largest absolute Gasteiger partial charge is 0.332 e. The summed E-state index contributed by atoms with van der Waals surface area (Å²) in [4.78, 5) is 27.2. The standard InChI is InChI=1S/C14H25N3O2/c1-3-16-9-14(19)17(10-13(16)18)8-7-11-5-4-6-12(11)15-2/h11-12,15H,3-10H2,1-2H3. The Balaban J connectivity index is 1.83. The van der Waals surface area contributed by atoms with Crippen LogP contribution in [0.3, 0.4) is 0 Å². The minimum absolute atomic E-state index is 0.0821. The predicted molar refractivity (Wildman–Crippen MR) is 73.6 cm³/mol. The summed E-state index contributed by atoms with van der Waals surface area (Å²) in [6.45, 7) is 3.80. The van der Waals surface area contributed by atoms with Gasteiger partial charge in [0.05, 0.1) is 13.1 Å². The molecular formula is C14H25N3O2. The average molecular weight is 267 g/mol. The second-order valence-electron chi connectivity index (χ2n) is 5.60. The SMILES string of the molecule is CCN1CC(=O)N(CCC2CCCC2NC)CC1=O. The summed E-state index contributed by atoms with van der Waals surface area (Å²) in [6.07, 6.45) is 4.75. The summed E-state index contributed by atoms with van der Waals surface area (Å²) >= 11 is 0. The third-order valence-electron chi connectivity index (χ3n) is 4.54. The smallest absolute Gasteiger partial charge is 0.242 e. The van der Waals surface area contributed by atoms with Gasteiger partial charge in [-0.15, -0.1) is 0 Å². The Hall–Kier alpha value is -1.10. The van der Waals surface area contributed by atoms with Gasteiger partial charge in [-0.3, -0.25) is 9.59 Å². The molecule has 19 heavy (non-hydrogen) atoms. The number of nitrogens with one attached hydrogen (secondary N) is 1. The van der Waals surface area contributed by atoms with Gasteiger partial charge >= 0.3 is 0 Å². The number of amides is 2. The Morgan fingerprint density at radius 3 is 2.53 bits per heavy atom. The van der Waals surface area contributed by atoms with Gasteiger partial charge < -0.3 is 15.1 Å². The zero-order chi connectivity index (χ0) is 13.8. The van der Waals surface area contributed by atoms with E-state index in [4.69, 9.17) is 0 Å². The monoisotopic (exact) mass is 267 g/mol. The lowest BCUT2D eigenvalue weighted by molar-refractivity contribution is -0.150. The molecule has 0 bridgehead atoms. The molecule has 108 valence electrons. The average Bonchev–Trinajstić information content (AvgIpc) is 2.86. The highest BCUT2D eigenvalue weighted by Gasteiger charge is 2.31. The van der Waals surface area contributed by atoms with Crippen molar-refractivity contribution in [1.29, 1.82) is 0 Å². The van der Waals surface area contributed by atoms with E-state index >= 15 is 0 Å². The van der Waals surface area contributed by atoms with Crippen LogP contribution in [0.1, 0.15) is 32.6 Å². The number of hydrogen-bond acceptors (Lipinski definition) is 3. The molecule has 1 saturated heterocycles. The van der Waals surface area contributed by atoms with Crippen molar-refractivity contribution in [2.75, 3.05) is 33.2 Å². The van der Waals surface area contributed by atoms with E-state index in [0.717, 1.165) is 13.0 Å². The Morgan fingerprint density at radius 2 is 1.84 bits per heavy atom. The summed E-state index contributed by atoms with van der Waals surface area (Å²) in [5.74, 6) is 0.830. The molecule has 2 amide bonds. The van der Waals surface area contributed by atoms with Gasteiger partial charge in [-0.2, -0.15) is 0 Å². The first-order valence-corrected chi connectivity index (χ1v) is 7.38. The lowest BCUT2D eigenvalue weighted by atomic mass is 9.99. The van der Waals surface area contributed by atoms with Crippen molar-refractivity contribution >= 4 is 11.8 Å². The molecule has 2 unspecified atom stereocenters. The Bertz CT molecular complexity index is 346. The fourth-order valence-corrected chi connectivity index (χ4v) is 3.28. The maximum absolute atomic E-state index is 12.0. The zero-order valence-corrected chi connectivity index (χ0v) is 12.0. The lowest BCUT2D eigenvalue weighted by Gasteiger charge is -2.34. The van der Waals surface area contributed by atoms with E-state index in [-0.39, 0.29) is 24.9 Å². The highest BCUT2D eigenvalue weighted by molar-refractivity contribution is 5.92. The van der Waals surface area contributed by atoms with Gasteiger partial charge in [-0.05, 0) is 39.2 Å². The normalized spacial score (nSPS) is 28.3. The minimum Gasteiger partial charge on any atom is -0.332 e. The van der Waals surface area contributed by atoms with E-state index in [9.17, 15) is 9.59 Å². The molecule has 0 spiro atoms. The van der Waals surface area contributed by atoms with Crippen molar-refractivity contribution < 1.29 is 9.59 Å².